The molecule has 0 amide bonds. The van der Waals surface area contributed by atoms with Crippen LogP contribution in [-0.4, -0.2) is 29.7 Å². The van der Waals surface area contributed by atoms with E-state index in [0.717, 1.165) is 12.8 Å². The van der Waals surface area contributed by atoms with Crippen LogP contribution < -0.4 is 4.72 Å². The van der Waals surface area contributed by atoms with Gasteiger partial charge in [0.2, 0.25) is 10.0 Å². The first-order chi connectivity index (χ1) is 11.3. The molecule has 0 spiro atoms. The molecule has 0 saturated heterocycles. The zero-order valence-electron chi connectivity index (χ0n) is 13.3. The molecule has 130 valence electrons. The van der Waals surface area contributed by atoms with Crippen LogP contribution in [0.15, 0.2) is 23.6 Å². The van der Waals surface area contributed by atoms with E-state index in [2.05, 4.69) is 14.8 Å². The van der Waals surface area contributed by atoms with Crippen molar-refractivity contribution in [1.29, 1.82) is 0 Å². The molecule has 1 N–H and O–H groups in total. The maximum Gasteiger partial charge on any atom is 0.242 e. The van der Waals surface area contributed by atoms with Gasteiger partial charge < -0.3 is 0 Å². The van der Waals surface area contributed by atoms with Crippen molar-refractivity contribution in [3.05, 3.63) is 39.9 Å². The van der Waals surface area contributed by atoms with Crippen molar-refractivity contribution < 1.29 is 8.42 Å². The second kappa shape index (κ2) is 6.63. The molecule has 0 atom stereocenters. The molecule has 1 aromatic carbocycles. The lowest BCUT2D eigenvalue weighted by molar-refractivity contribution is 0.185. The van der Waals surface area contributed by atoms with Crippen LogP contribution in [0.2, 0.25) is 10.0 Å². The van der Waals surface area contributed by atoms with E-state index in [-0.39, 0.29) is 15.8 Å². The van der Waals surface area contributed by atoms with Gasteiger partial charge >= 0.3 is 0 Å². The summed E-state index contributed by atoms with van der Waals surface area (Å²) in [6.45, 7) is 3.77. The van der Waals surface area contributed by atoms with E-state index < -0.39 is 10.0 Å². The first-order valence-electron chi connectivity index (χ1n) is 7.58. The maximum atomic E-state index is 12.7. The fourth-order valence-electron chi connectivity index (χ4n) is 2.92. The lowest BCUT2D eigenvalue weighted by Crippen LogP contribution is -2.37. The second-order valence-electron chi connectivity index (χ2n) is 6.16. The van der Waals surface area contributed by atoms with Gasteiger partial charge in [0.05, 0.1) is 11.1 Å². The standard InChI is InChI=1S/C15H18Cl2N4O2S/c1-9-3-13(16)10(2)15(14(9)17)24(22,23)20-6-11-4-12(5-11)21-8-18-7-19-21/h3,7-8,11-12,20H,4-6H2,1-2H3. The number of aryl methyl sites for hydroxylation is 1. The van der Waals surface area contributed by atoms with Gasteiger partial charge in [0, 0.05) is 11.6 Å². The molecule has 2 aromatic rings. The molecular weight excluding hydrogens is 371 g/mol. The number of hydrogen-bond acceptors (Lipinski definition) is 4. The van der Waals surface area contributed by atoms with Gasteiger partial charge in [-0.15, -0.1) is 0 Å². The Hall–Kier alpha value is -1.15. The Kier molecular flexibility index (Phi) is 4.88. The van der Waals surface area contributed by atoms with Crippen molar-refractivity contribution >= 4 is 33.2 Å². The summed E-state index contributed by atoms with van der Waals surface area (Å²) in [5, 5.41) is 4.72. The van der Waals surface area contributed by atoms with E-state index in [1.54, 1.807) is 26.2 Å². The topological polar surface area (TPSA) is 76.9 Å². The van der Waals surface area contributed by atoms with Crippen molar-refractivity contribution in [1.82, 2.24) is 19.5 Å². The van der Waals surface area contributed by atoms with E-state index in [0.29, 0.717) is 28.7 Å². The monoisotopic (exact) mass is 388 g/mol. The molecular formula is C15H18Cl2N4O2S. The molecule has 1 aliphatic rings. The average molecular weight is 389 g/mol. The molecule has 0 radical (unpaired) electrons. The fourth-order valence-corrected chi connectivity index (χ4v) is 5.25. The summed E-state index contributed by atoms with van der Waals surface area (Å²) in [5.41, 5.74) is 1.11. The molecule has 0 bridgehead atoms. The van der Waals surface area contributed by atoms with Crippen LogP contribution in [-0.2, 0) is 10.0 Å². The summed E-state index contributed by atoms with van der Waals surface area (Å²) in [6, 6.07) is 1.97. The predicted molar refractivity (Wildman–Crippen MR) is 92.9 cm³/mol. The minimum absolute atomic E-state index is 0.0707. The predicted octanol–water partition coefficient (Wildman–Crippen LogP) is 3.13. The highest BCUT2D eigenvalue weighted by molar-refractivity contribution is 7.89. The van der Waals surface area contributed by atoms with Gasteiger partial charge in [-0.05, 0) is 49.8 Å². The summed E-state index contributed by atoms with van der Waals surface area (Å²) in [5.74, 6) is 0.272. The number of rotatable bonds is 5. The summed E-state index contributed by atoms with van der Waals surface area (Å²) < 4.78 is 29.8. The minimum Gasteiger partial charge on any atom is -0.250 e. The smallest absolute Gasteiger partial charge is 0.242 e. The molecule has 1 aliphatic carbocycles. The van der Waals surface area contributed by atoms with Crippen LogP contribution in [0.25, 0.3) is 0 Å². The van der Waals surface area contributed by atoms with Crippen LogP contribution in [0.1, 0.15) is 30.0 Å². The van der Waals surface area contributed by atoms with Crippen molar-refractivity contribution in [2.75, 3.05) is 6.54 Å². The van der Waals surface area contributed by atoms with Gasteiger partial charge in [-0.3, -0.25) is 0 Å². The van der Waals surface area contributed by atoms with E-state index >= 15 is 0 Å². The highest BCUT2D eigenvalue weighted by Gasteiger charge is 2.32. The minimum atomic E-state index is -3.71. The first kappa shape index (κ1) is 17.7. The Morgan fingerprint density at radius 2 is 2.04 bits per heavy atom. The molecule has 3 rings (SSSR count). The number of benzene rings is 1. The third-order valence-corrected chi connectivity index (χ3v) is 7.03. The van der Waals surface area contributed by atoms with Crippen molar-refractivity contribution in [2.24, 2.45) is 5.92 Å². The molecule has 0 unspecified atom stereocenters. The molecule has 24 heavy (non-hydrogen) atoms. The van der Waals surface area contributed by atoms with Crippen LogP contribution in [0.4, 0.5) is 0 Å². The van der Waals surface area contributed by atoms with Crippen LogP contribution in [0.5, 0.6) is 0 Å². The average Bonchev–Trinajstić information content (AvgIpc) is 2.97. The Balaban J connectivity index is 1.68. The number of aromatic nitrogens is 3. The lowest BCUT2D eigenvalue weighted by atomic mass is 9.80. The lowest BCUT2D eigenvalue weighted by Gasteiger charge is -2.35. The number of hydrogen-bond donors (Lipinski definition) is 1. The summed E-state index contributed by atoms with van der Waals surface area (Å²) >= 11 is 12.3. The van der Waals surface area contributed by atoms with Crippen LogP contribution in [0.3, 0.4) is 0 Å². The SMILES string of the molecule is Cc1cc(Cl)c(C)c(S(=O)(=O)NCC2CC(n3cncn3)C2)c1Cl. The normalized spacial score (nSPS) is 20.8. The third kappa shape index (κ3) is 3.31. The number of nitrogens with zero attached hydrogens (tertiary/aromatic N) is 3. The fraction of sp³-hybridized carbons (Fsp3) is 0.467. The summed E-state index contributed by atoms with van der Waals surface area (Å²) in [7, 11) is -3.71. The van der Waals surface area contributed by atoms with E-state index in [1.807, 2.05) is 4.68 Å². The molecule has 0 aliphatic heterocycles. The summed E-state index contributed by atoms with van der Waals surface area (Å²) in [4.78, 5) is 3.99. The Bertz CT molecular complexity index is 821. The van der Waals surface area contributed by atoms with Crippen molar-refractivity contribution in [3.8, 4) is 0 Å². The quantitative estimate of drug-likeness (QED) is 0.853. The largest absolute Gasteiger partial charge is 0.250 e. The van der Waals surface area contributed by atoms with Gasteiger partial charge in [0.15, 0.2) is 0 Å². The van der Waals surface area contributed by atoms with Gasteiger partial charge in [-0.1, -0.05) is 23.2 Å². The van der Waals surface area contributed by atoms with Crippen LogP contribution >= 0.6 is 23.2 Å². The van der Waals surface area contributed by atoms with Gasteiger partial charge in [0.1, 0.15) is 17.6 Å². The summed E-state index contributed by atoms with van der Waals surface area (Å²) in [6.07, 6.45) is 4.92. The van der Waals surface area contributed by atoms with Crippen molar-refractivity contribution in [3.63, 3.8) is 0 Å². The number of nitrogens with one attached hydrogen (secondary N) is 1. The van der Waals surface area contributed by atoms with E-state index in [9.17, 15) is 8.42 Å². The molecule has 1 aromatic heterocycles. The highest BCUT2D eigenvalue weighted by atomic mass is 35.5. The molecule has 9 heteroatoms. The number of halogens is 2. The van der Waals surface area contributed by atoms with Crippen molar-refractivity contribution in [2.45, 2.75) is 37.6 Å². The zero-order chi connectivity index (χ0) is 17.5. The zero-order valence-corrected chi connectivity index (χ0v) is 15.7. The van der Waals surface area contributed by atoms with Gasteiger partial charge in [0.25, 0.3) is 0 Å². The third-order valence-electron chi connectivity index (χ3n) is 4.44. The molecule has 6 nitrogen and oxygen atoms in total. The Morgan fingerprint density at radius 1 is 1.33 bits per heavy atom. The van der Waals surface area contributed by atoms with Gasteiger partial charge in [-0.25, -0.2) is 22.8 Å². The second-order valence-corrected chi connectivity index (χ2v) is 8.65. The Morgan fingerprint density at radius 3 is 2.67 bits per heavy atom. The first-order valence-corrected chi connectivity index (χ1v) is 9.82. The van der Waals surface area contributed by atoms with Gasteiger partial charge in [-0.2, -0.15) is 5.10 Å². The van der Waals surface area contributed by atoms with E-state index in [1.165, 1.54) is 6.33 Å². The number of sulfonamides is 1. The molecule has 1 heterocycles. The molecule has 1 fully saturated rings. The Labute approximate surface area is 151 Å². The maximum absolute atomic E-state index is 12.7. The highest BCUT2D eigenvalue weighted by Crippen LogP contribution is 2.37. The van der Waals surface area contributed by atoms with Crippen LogP contribution in [0, 0.1) is 19.8 Å². The van der Waals surface area contributed by atoms with E-state index in [4.69, 9.17) is 23.2 Å². The molecule has 1 saturated carbocycles.